The number of aliphatic hydroxyl groups excluding tert-OH is 1. The van der Waals surface area contributed by atoms with Gasteiger partial charge in [0.2, 0.25) is 0 Å². The quantitative estimate of drug-likeness (QED) is 0.199. The number of imidazole rings is 1. The maximum atomic E-state index is 12.6. The molecule has 0 amide bonds. The van der Waals surface area contributed by atoms with E-state index in [4.69, 9.17) is 14.7 Å². The number of benzene rings is 1. The fraction of sp³-hybridized carbons (Fsp3) is 0.444. The lowest BCUT2D eigenvalue weighted by atomic mass is 10.0. The van der Waals surface area contributed by atoms with E-state index in [2.05, 4.69) is 10.1 Å². The molecule has 0 saturated heterocycles. The van der Waals surface area contributed by atoms with Gasteiger partial charge in [0.1, 0.15) is 23.8 Å². The first-order chi connectivity index (χ1) is 17.6. The van der Waals surface area contributed by atoms with Crippen molar-refractivity contribution in [2.75, 3.05) is 13.2 Å². The number of halogens is 3. The standard InChI is InChI=1S/C27H30F3N3O4/c1-17(2)37-23-13-18(12-22(35)5-7-27(28,29)30)11-21(14-23)24-16-31-25-15-20(6-8-33(24)25)26(19-3-4-19)32-36-10-9-34/h6,8,11,13-17,19,34H,3-5,7,9-10,12H2,1-2H3/b32-26+. The Labute approximate surface area is 212 Å². The summed E-state index contributed by atoms with van der Waals surface area (Å²) in [7, 11) is 0. The molecule has 1 aliphatic rings. The molecule has 2 heterocycles. The van der Waals surface area contributed by atoms with Crippen LogP contribution in [0.5, 0.6) is 5.75 Å². The summed E-state index contributed by atoms with van der Waals surface area (Å²) in [5.41, 5.74) is 4.46. The SMILES string of the molecule is CC(C)Oc1cc(CC(=O)CCC(F)(F)F)cc(-c2cnc3cc(/C(=N/OCCO)C4CC4)ccn23)c1. The number of nitrogens with zero attached hydrogens (tertiary/aromatic N) is 3. The fourth-order valence-electron chi connectivity index (χ4n) is 4.08. The van der Waals surface area contributed by atoms with E-state index in [1.165, 1.54) is 0 Å². The van der Waals surface area contributed by atoms with Crippen LogP contribution in [0.4, 0.5) is 13.2 Å². The van der Waals surface area contributed by atoms with Gasteiger partial charge in [0, 0.05) is 36.1 Å². The zero-order valence-corrected chi connectivity index (χ0v) is 20.8. The van der Waals surface area contributed by atoms with Crippen LogP contribution in [0.1, 0.15) is 50.7 Å². The minimum absolute atomic E-state index is 0.112. The average molecular weight is 518 g/mol. The first kappa shape index (κ1) is 26.7. The third kappa shape index (κ3) is 7.31. The van der Waals surface area contributed by atoms with Gasteiger partial charge < -0.3 is 14.7 Å². The zero-order chi connectivity index (χ0) is 26.6. The zero-order valence-electron chi connectivity index (χ0n) is 20.8. The lowest BCUT2D eigenvalue weighted by molar-refractivity contribution is -0.143. The number of aromatic nitrogens is 2. The molecule has 2 aromatic heterocycles. The Morgan fingerprint density at radius 3 is 2.70 bits per heavy atom. The molecule has 37 heavy (non-hydrogen) atoms. The van der Waals surface area contributed by atoms with E-state index in [9.17, 15) is 18.0 Å². The summed E-state index contributed by atoms with van der Waals surface area (Å²) in [6.45, 7) is 3.77. The van der Waals surface area contributed by atoms with Crippen LogP contribution < -0.4 is 4.74 Å². The molecule has 0 spiro atoms. The van der Waals surface area contributed by atoms with Crippen molar-refractivity contribution in [2.45, 2.75) is 58.2 Å². The number of rotatable bonds is 12. The number of hydrogen-bond acceptors (Lipinski definition) is 6. The molecular formula is C27H30F3N3O4. The molecule has 1 aliphatic carbocycles. The lowest BCUT2D eigenvalue weighted by Crippen LogP contribution is -2.12. The second kappa shape index (κ2) is 11.3. The van der Waals surface area contributed by atoms with Gasteiger partial charge >= 0.3 is 6.18 Å². The molecular weight excluding hydrogens is 487 g/mol. The molecule has 198 valence electrons. The highest BCUT2D eigenvalue weighted by molar-refractivity contribution is 6.04. The van der Waals surface area contributed by atoms with Crippen LogP contribution in [0.25, 0.3) is 16.9 Å². The van der Waals surface area contributed by atoms with Crippen LogP contribution in [0.15, 0.2) is 47.9 Å². The summed E-state index contributed by atoms with van der Waals surface area (Å²) in [5, 5.41) is 13.2. The number of fused-ring (bicyclic) bond motifs is 1. The van der Waals surface area contributed by atoms with E-state index in [1.807, 2.05) is 42.6 Å². The smallest absolute Gasteiger partial charge is 0.389 e. The summed E-state index contributed by atoms with van der Waals surface area (Å²) in [6, 6.07) is 9.16. The Bertz CT molecular complexity index is 1280. The maximum Gasteiger partial charge on any atom is 0.389 e. The van der Waals surface area contributed by atoms with Crippen LogP contribution in [-0.4, -0.2) is 51.5 Å². The predicted molar refractivity (Wildman–Crippen MR) is 133 cm³/mol. The number of alkyl halides is 3. The Kier molecular flexibility index (Phi) is 8.16. The van der Waals surface area contributed by atoms with Gasteiger partial charge in [-0.3, -0.25) is 9.20 Å². The highest BCUT2D eigenvalue weighted by Crippen LogP contribution is 2.34. The van der Waals surface area contributed by atoms with Gasteiger partial charge in [-0.05, 0) is 62.6 Å². The van der Waals surface area contributed by atoms with Crippen molar-refractivity contribution in [1.82, 2.24) is 9.38 Å². The minimum Gasteiger partial charge on any atom is -0.491 e. The van der Waals surface area contributed by atoms with Gasteiger partial charge in [-0.25, -0.2) is 4.98 Å². The van der Waals surface area contributed by atoms with Crippen molar-refractivity contribution in [3.8, 4) is 17.0 Å². The number of ether oxygens (including phenoxy) is 1. The molecule has 1 N–H and O–H groups in total. The Morgan fingerprint density at radius 1 is 1.24 bits per heavy atom. The Morgan fingerprint density at radius 2 is 2.03 bits per heavy atom. The van der Waals surface area contributed by atoms with Crippen molar-refractivity contribution in [3.05, 3.63) is 53.9 Å². The topological polar surface area (TPSA) is 85.4 Å². The summed E-state index contributed by atoms with van der Waals surface area (Å²) in [5.74, 6) is 0.364. The van der Waals surface area contributed by atoms with Crippen molar-refractivity contribution in [2.24, 2.45) is 11.1 Å². The van der Waals surface area contributed by atoms with Gasteiger partial charge in [0.05, 0.1) is 36.7 Å². The number of carbonyl (C=O) groups excluding carboxylic acids is 1. The molecule has 0 radical (unpaired) electrons. The lowest BCUT2D eigenvalue weighted by Gasteiger charge is -2.14. The molecule has 0 atom stereocenters. The van der Waals surface area contributed by atoms with E-state index in [1.54, 1.807) is 18.3 Å². The third-order valence-corrected chi connectivity index (χ3v) is 5.84. The molecule has 0 unspecified atom stereocenters. The summed E-state index contributed by atoms with van der Waals surface area (Å²) >= 11 is 0. The van der Waals surface area contributed by atoms with Crippen molar-refractivity contribution >= 4 is 17.1 Å². The van der Waals surface area contributed by atoms with E-state index in [-0.39, 0.29) is 25.7 Å². The Balaban J connectivity index is 1.64. The van der Waals surface area contributed by atoms with Gasteiger partial charge in [0.15, 0.2) is 0 Å². The van der Waals surface area contributed by atoms with E-state index in [0.29, 0.717) is 22.9 Å². The number of oxime groups is 1. The van der Waals surface area contributed by atoms with Crippen LogP contribution in [0.2, 0.25) is 0 Å². The van der Waals surface area contributed by atoms with Gasteiger partial charge in [0.25, 0.3) is 0 Å². The Hall–Kier alpha value is -3.40. The van der Waals surface area contributed by atoms with Crippen LogP contribution >= 0.6 is 0 Å². The normalized spacial score (nSPS) is 14.4. The van der Waals surface area contributed by atoms with Crippen LogP contribution in [0.3, 0.4) is 0 Å². The van der Waals surface area contributed by atoms with Crippen molar-refractivity contribution < 1.29 is 32.6 Å². The van der Waals surface area contributed by atoms with Crippen molar-refractivity contribution in [1.29, 1.82) is 0 Å². The second-order valence-corrected chi connectivity index (χ2v) is 9.46. The largest absolute Gasteiger partial charge is 0.491 e. The van der Waals surface area contributed by atoms with Gasteiger partial charge in [-0.1, -0.05) is 5.16 Å². The highest BCUT2D eigenvalue weighted by atomic mass is 19.4. The number of hydrogen-bond donors (Lipinski definition) is 1. The molecule has 10 heteroatoms. The van der Waals surface area contributed by atoms with E-state index in [0.717, 1.165) is 35.4 Å². The monoisotopic (exact) mass is 517 g/mol. The van der Waals surface area contributed by atoms with Gasteiger partial charge in [-0.2, -0.15) is 13.2 Å². The maximum absolute atomic E-state index is 12.6. The van der Waals surface area contributed by atoms with Gasteiger partial charge in [-0.15, -0.1) is 0 Å². The molecule has 7 nitrogen and oxygen atoms in total. The first-order valence-corrected chi connectivity index (χ1v) is 12.3. The average Bonchev–Trinajstić information content (AvgIpc) is 3.57. The molecule has 3 aromatic rings. The summed E-state index contributed by atoms with van der Waals surface area (Å²) < 4.78 is 45.4. The van der Waals surface area contributed by atoms with E-state index < -0.39 is 24.8 Å². The number of Topliss-reactive ketones (excluding diaryl/α,β-unsaturated/α-hetero) is 1. The molecule has 0 bridgehead atoms. The third-order valence-electron chi connectivity index (χ3n) is 5.84. The molecule has 4 rings (SSSR count). The first-order valence-electron chi connectivity index (χ1n) is 12.3. The number of aliphatic hydroxyl groups is 1. The number of ketones is 1. The summed E-state index contributed by atoms with van der Waals surface area (Å²) in [6.07, 6.45) is -0.657. The second-order valence-electron chi connectivity index (χ2n) is 9.46. The number of carbonyl (C=O) groups is 1. The number of pyridine rings is 1. The molecule has 0 aliphatic heterocycles. The minimum atomic E-state index is -4.37. The molecule has 1 fully saturated rings. The van der Waals surface area contributed by atoms with Crippen LogP contribution in [0, 0.1) is 5.92 Å². The fourth-order valence-corrected chi connectivity index (χ4v) is 4.08. The summed E-state index contributed by atoms with van der Waals surface area (Å²) in [4.78, 5) is 22.0. The van der Waals surface area contributed by atoms with Crippen LogP contribution in [-0.2, 0) is 16.1 Å². The van der Waals surface area contributed by atoms with Crippen molar-refractivity contribution in [3.63, 3.8) is 0 Å². The van der Waals surface area contributed by atoms with E-state index >= 15 is 0 Å². The molecule has 1 aromatic carbocycles. The predicted octanol–water partition coefficient (Wildman–Crippen LogP) is 5.37. The molecule has 1 saturated carbocycles. The highest BCUT2D eigenvalue weighted by Gasteiger charge is 2.30.